The predicted octanol–water partition coefficient (Wildman–Crippen LogP) is 4.42. The van der Waals surface area contributed by atoms with E-state index in [2.05, 4.69) is 23.1 Å². The lowest BCUT2D eigenvalue weighted by atomic mass is 9.57. The SMILES string of the molecule is CC(O)(CC1(CO)CCC2=Cc3c(cnn3-c3ccc(F)cc3)CC21C)c1cccnc1. The minimum atomic E-state index is -1.10. The van der Waals surface area contributed by atoms with E-state index in [-0.39, 0.29) is 17.8 Å². The van der Waals surface area contributed by atoms with Gasteiger partial charge in [0, 0.05) is 35.4 Å². The van der Waals surface area contributed by atoms with Gasteiger partial charge in [-0.2, -0.15) is 5.10 Å². The van der Waals surface area contributed by atoms with Crippen LogP contribution < -0.4 is 0 Å². The molecule has 166 valence electrons. The molecule has 5 nitrogen and oxygen atoms in total. The molecule has 0 saturated heterocycles. The van der Waals surface area contributed by atoms with Gasteiger partial charge in [-0.05, 0) is 74.6 Å². The number of hydrogen-bond acceptors (Lipinski definition) is 4. The van der Waals surface area contributed by atoms with Crippen LogP contribution in [-0.2, 0) is 12.0 Å². The molecule has 2 aliphatic rings. The van der Waals surface area contributed by atoms with Crippen LogP contribution in [0, 0.1) is 16.6 Å². The first-order valence-corrected chi connectivity index (χ1v) is 11.1. The number of aromatic nitrogens is 3. The molecular formula is C26H28FN3O2. The molecule has 2 heterocycles. The Morgan fingerprint density at radius 3 is 2.66 bits per heavy atom. The normalized spacial score (nSPS) is 26.2. The molecule has 2 N–H and O–H groups in total. The highest BCUT2D eigenvalue weighted by Crippen LogP contribution is 2.63. The second kappa shape index (κ2) is 7.36. The van der Waals surface area contributed by atoms with Gasteiger partial charge in [0.2, 0.25) is 0 Å². The number of pyridine rings is 1. The molecule has 6 heteroatoms. The van der Waals surface area contributed by atoms with Gasteiger partial charge in [0.1, 0.15) is 5.82 Å². The molecular weight excluding hydrogens is 405 g/mol. The van der Waals surface area contributed by atoms with Crippen LogP contribution in [0.3, 0.4) is 0 Å². The zero-order valence-corrected chi connectivity index (χ0v) is 18.4. The van der Waals surface area contributed by atoms with Crippen molar-refractivity contribution in [2.75, 3.05) is 6.61 Å². The second-order valence-electron chi connectivity index (χ2n) is 9.75. The van der Waals surface area contributed by atoms with Crippen molar-refractivity contribution in [2.45, 2.75) is 45.1 Å². The molecule has 0 aliphatic heterocycles. The summed E-state index contributed by atoms with van der Waals surface area (Å²) in [6, 6.07) is 10.1. The van der Waals surface area contributed by atoms with Gasteiger partial charge < -0.3 is 10.2 Å². The van der Waals surface area contributed by atoms with Crippen LogP contribution in [0.2, 0.25) is 0 Å². The smallest absolute Gasteiger partial charge is 0.123 e. The van der Waals surface area contributed by atoms with Gasteiger partial charge in [-0.3, -0.25) is 4.98 Å². The fraction of sp³-hybridized carbons (Fsp3) is 0.385. The van der Waals surface area contributed by atoms with E-state index in [0.29, 0.717) is 6.42 Å². The number of halogens is 1. The maximum Gasteiger partial charge on any atom is 0.123 e. The maximum absolute atomic E-state index is 13.4. The summed E-state index contributed by atoms with van der Waals surface area (Å²) in [5, 5.41) is 26.7. The lowest BCUT2D eigenvalue weighted by Crippen LogP contribution is -2.46. The summed E-state index contributed by atoms with van der Waals surface area (Å²) in [5.74, 6) is -0.273. The molecule has 32 heavy (non-hydrogen) atoms. The number of benzene rings is 1. The van der Waals surface area contributed by atoms with E-state index in [1.54, 1.807) is 24.5 Å². The first-order valence-electron chi connectivity index (χ1n) is 11.1. The Morgan fingerprint density at radius 1 is 1.19 bits per heavy atom. The Hall–Kier alpha value is -2.83. The van der Waals surface area contributed by atoms with E-state index in [0.717, 1.165) is 41.8 Å². The van der Waals surface area contributed by atoms with E-state index < -0.39 is 11.0 Å². The molecule has 0 spiro atoms. The van der Waals surface area contributed by atoms with Gasteiger partial charge in [-0.15, -0.1) is 0 Å². The molecule has 2 aliphatic carbocycles. The first-order chi connectivity index (χ1) is 15.3. The van der Waals surface area contributed by atoms with Gasteiger partial charge in [0.25, 0.3) is 0 Å². The Morgan fingerprint density at radius 2 is 1.97 bits per heavy atom. The third-order valence-electron chi connectivity index (χ3n) is 7.83. The number of aliphatic hydroxyl groups excluding tert-OH is 1. The maximum atomic E-state index is 13.4. The Bertz CT molecular complexity index is 1170. The monoisotopic (exact) mass is 433 g/mol. The zero-order chi connectivity index (χ0) is 22.6. The standard InChI is InChI=1S/C26H28FN3O2/c1-24-13-18-14-29-30(22-7-5-21(27)6-8-22)23(18)12-19(24)9-10-26(24,17-31)16-25(2,32)20-4-3-11-28-15-20/h3-8,11-12,14-15,31-32H,9-10,13,16-17H2,1-2H3. The van der Waals surface area contributed by atoms with Crippen molar-refractivity contribution in [3.63, 3.8) is 0 Å². The van der Waals surface area contributed by atoms with E-state index in [1.807, 2.05) is 29.9 Å². The summed E-state index contributed by atoms with van der Waals surface area (Å²) < 4.78 is 15.2. The molecule has 5 rings (SSSR count). The number of aliphatic hydroxyl groups is 2. The summed E-state index contributed by atoms with van der Waals surface area (Å²) in [4.78, 5) is 4.17. The zero-order valence-electron chi connectivity index (χ0n) is 18.4. The average molecular weight is 434 g/mol. The van der Waals surface area contributed by atoms with E-state index >= 15 is 0 Å². The van der Waals surface area contributed by atoms with Crippen molar-refractivity contribution < 1.29 is 14.6 Å². The van der Waals surface area contributed by atoms with Crippen LogP contribution in [0.15, 0.2) is 60.6 Å². The second-order valence-corrected chi connectivity index (χ2v) is 9.75. The largest absolute Gasteiger partial charge is 0.396 e. The number of allylic oxidation sites excluding steroid dienone is 1. The van der Waals surface area contributed by atoms with E-state index in [1.165, 1.54) is 17.7 Å². The number of nitrogens with zero attached hydrogens (tertiary/aromatic N) is 3. The van der Waals surface area contributed by atoms with Crippen LogP contribution in [0.5, 0.6) is 0 Å². The predicted molar refractivity (Wildman–Crippen MR) is 120 cm³/mol. The highest BCUT2D eigenvalue weighted by molar-refractivity contribution is 5.62. The molecule has 1 saturated carbocycles. The van der Waals surface area contributed by atoms with E-state index in [9.17, 15) is 14.6 Å². The quantitative estimate of drug-likeness (QED) is 0.625. The minimum Gasteiger partial charge on any atom is -0.396 e. The lowest BCUT2D eigenvalue weighted by Gasteiger charge is -2.48. The van der Waals surface area contributed by atoms with Crippen LogP contribution >= 0.6 is 0 Å². The van der Waals surface area contributed by atoms with E-state index in [4.69, 9.17) is 0 Å². The van der Waals surface area contributed by atoms with Crippen LogP contribution in [-0.4, -0.2) is 31.6 Å². The highest BCUT2D eigenvalue weighted by Gasteiger charge is 2.57. The average Bonchev–Trinajstić information content (AvgIpc) is 3.31. The Kier molecular flexibility index (Phi) is 4.84. The third-order valence-corrected chi connectivity index (χ3v) is 7.83. The summed E-state index contributed by atoms with van der Waals surface area (Å²) in [6.45, 7) is 4.02. The molecule has 0 amide bonds. The molecule has 0 radical (unpaired) electrons. The molecule has 0 bridgehead atoms. The third kappa shape index (κ3) is 3.12. The lowest BCUT2D eigenvalue weighted by molar-refractivity contribution is -0.0604. The van der Waals surface area contributed by atoms with Crippen molar-refractivity contribution in [3.05, 3.63) is 83.2 Å². The van der Waals surface area contributed by atoms with Crippen LogP contribution in [0.4, 0.5) is 4.39 Å². The molecule has 1 fully saturated rings. The van der Waals surface area contributed by atoms with Crippen molar-refractivity contribution in [3.8, 4) is 5.69 Å². The molecule has 1 aromatic carbocycles. The van der Waals surface area contributed by atoms with Gasteiger partial charge in [-0.25, -0.2) is 9.07 Å². The molecule has 3 unspecified atom stereocenters. The fourth-order valence-corrected chi connectivity index (χ4v) is 5.85. The summed E-state index contributed by atoms with van der Waals surface area (Å²) in [6.07, 6.45) is 10.3. The number of hydrogen-bond donors (Lipinski definition) is 2. The van der Waals surface area contributed by atoms with Gasteiger partial charge >= 0.3 is 0 Å². The number of fused-ring (bicyclic) bond motifs is 2. The van der Waals surface area contributed by atoms with Crippen LogP contribution in [0.1, 0.15) is 49.9 Å². The first kappa shape index (κ1) is 21.0. The molecule has 2 aromatic heterocycles. The molecule has 3 atom stereocenters. The topological polar surface area (TPSA) is 71.2 Å². The fourth-order valence-electron chi connectivity index (χ4n) is 5.85. The van der Waals surface area contributed by atoms with Crippen LogP contribution in [0.25, 0.3) is 11.8 Å². The summed E-state index contributed by atoms with van der Waals surface area (Å²) in [7, 11) is 0. The minimum absolute atomic E-state index is 0.00130. The van der Waals surface area contributed by atoms with Crippen molar-refractivity contribution >= 4 is 6.08 Å². The van der Waals surface area contributed by atoms with Crippen molar-refractivity contribution in [1.82, 2.24) is 14.8 Å². The van der Waals surface area contributed by atoms with Gasteiger partial charge in [0.05, 0.1) is 23.2 Å². The van der Waals surface area contributed by atoms with Crippen molar-refractivity contribution in [2.24, 2.45) is 10.8 Å². The number of rotatable bonds is 5. The Balaban J connectivity index is 1.52. The summed E-state index contributed by atoms with van der Waals surface area (Å²) >= 11 is 0. The van der Waals surface area contributed by atoms with Crippen molar-refractivity contribution in [1.29, 1.82) is 0 Å². The highest BCUT2D eigenvalue weighted by atomic mass is 19.1. The van der Waals surface area contributed by atoms with Gasteiger partial charge in [0.15, 0.2) is 0 Å². The summed E-state index contributed by atoms with van der Waals surface area (Å²) in [5.41, 5.74) is 3.09. The molecule has 3 aromatic rings. The van der Waals surface area contributed by atoms with Gasteiger partial charge in [-0.1, -0.05) is 18.6 Å². The Labute approximate surface area is 187 Å².